The molecule has 2 saturated heterocycles. The zero-order valence-corrected chi connectivity index (χ0v) is 14.5. The van der Waals surface area contributed by atoms with Gasteiger partial charge in [-0.3, -0.25) is 9.59 Å². The molecule has 3 N–H and O–H groups in total. The number of nitrogens with zero attached hydrogens (tertiary/aromatic N) is 1. The minimum absolute atomic E-state index is 0.0966. The Morgan fingerprint density at radius 2 is 2.04 bits per heavy atom. The SMILES string of the molecule is O=C(CCC1NC(=O)N(c2ccc(Cl)cc2)C1=O)N[C@H]1CCCNC1. The van der Waals surface area contributed by atoms with E-state index in [9.17, 15) is 14.4 Å². The van der Waals surface area contributed by atoms with E-state index in [-0.39, 0.29) is 30.7 Å². The normalized spacial score (nSPS) is 23.5. The second-order valence-electron chi connectivity index (χ2n) is 6.30. The quantitative estimate of drug-likeness (QED) is 0.689. The fourth-order valence-electron chi connectivity index (χ4n) is 3.11. The lowest BCUT2D eigenvalue weighted by atomic mass is 10.1. The van der Waals surface area contributed by atoms with Gasteiger partial charge in [-0.05, 0) is 50.1 Å². The molecule has 0 bridgehead atoms. The molecule has 25 heavy (non-hydrogen) atoms. The number of carbonyl (C=O) groups excluding carboxylic acids is 3. The van der Waals surface area contributed by atoms with E-state index in [2.05, 4.69) is 16.0 Å². The number of carbonyl (C=O) groups is 3. The van der Waals surface area contributed by atoms with Crippen molar-refractivity contribution in [1.29, 1.82) is 0 Å². The average molecular weight is 365 g/mol. The lowest BCUT2D eigenvalue weighted by Gasteiger charge is -2.23. The first kappa shape index (κ1) is 17.7. The summed E-state index contributed by atoms with van der Waals surface area (Å²) >= 11 is 5.83. The van der Waals surface area contributed by atoms with Gasteiger partial charge in [-0.2, -0.15) is 0 Å². The van der Waals surface area contributed by atoms with Crippen LogP contribution in [0.2, 0.25) is 5.02 Å². The molecule has 0 saturated carbocycles. The molecule has 0 radical (unpaired) electrons. The summed E-state index contributed by atoms with van der Waals surface area (Å²) in [7, 11) is 0. The van der Waals surface area contributed by atoms with E-state index in [1.807, 2.05) is 0 Å². The Balaban J connectivity index is 1.53. The number of amides is 4. The molecule has 2 aliphatic rings. The first-order valence-corrected chi connectivity index (χ1v) is 8.82. The number of benzene rings is 1. The monoisotopic (exact) mass is 364 g/mol. The lowest BCUT2D eigenvalue weighted by Crippen LogP contribution is -2.46. The second-order valence-corrected chi connectivity index (χ2v) is 6.74. The van der Waals surface area contributed by atoms with Crippen molar-refractivity contribution >= 4 is 35.1 Å². The van der Waals surface area contributed by atoms with Crippen molar-refractivity contribution in [2.24, 2.45) is 0 Å². The van der Waals surface area contributed by atoms with E-state index in [0.29, 0.717) is 10.7 Å². The molecule has 1 aromatic carbocycles. The summed E-state index contributed by atoms with van der Waals surface area (Å²) in [6, 6.07) is 5.45. The highest BCUT2D eigenvalue weighted by atomic mass is 35.5. The van der Waals surface area contributed by atoms with E-state index >= 15 is 0 Å². The Labute approximate surface area is 151 Å². The molecule has 1 unspecified atom stereocenters. The zero-order valence-electron chi connectivity index (χ0n) is 13.8. The highest BCUT2D eigenvalue weighted by Crippen LogP contribution is 2.23. The van der Waals surface area contributed by atoms with Gasteiger partial charge in [0.05, 0.1) is 5.69 Å². The van der Waals surface area contributed by atoms with Gasteiger partial charge in [0.1, 0.15) is 6.04 Å². The number of hydrogen-bond donors (Lipinski definition) is 3. The first-order chi connectivity index (χ1) is 12.0. The molecule has 7 nitrogen and oxygen atoms in total. The number of piperidine rings is 1. The Morgan fingerprint density at radius 3 is 2.72 bits per heavy atom. The number of urea groups is 1. The van der Waals surface area contributed by atoms with E-state index in [0.717, 1.165) is 30.8 Å². The summed E-state index contributed by atoms with van der Waals surface area (Å²) in [5.74, 6) is -0.444. The van der Waals surface area contributed by atoms with Gasteiger partial charge < -0.3 is 16.0 Å². The van der Waals surface area contributed by atoms with Crippen molar-refractivity contribution < 1.29 is 14.4 Å². The largest absolute Gasteiger partial charge is 0.352 e. The van der Waals surface area contributed by atoms with E-state index < -0.39 is 12.1 Å². The van der Waals surface area contributed by atoms with Gasteiger partial charge >= 0.3 is 6.03 Å². The van der Waals surface area contributed by atoms with E-state index in [1.54, 1.807) is 24.3 Å². The van der Waals surface area contributed by atoms with Gasteiger partial charge in [0.2, 0.25) is 5.91 Å². The van der Waals surface area contributed by atoms with Crippen LogP contribution < -0.4 is 20.9 Å². The van der Waals surface area contributed by atoms with E-state index in [4.69, 9.17) is 11.6 Å². The van der Waals surface area contributed by atoms with Crippen molar-refractivity contribution in [3.63, 3.8) is 0 Å². The molecule has 0 spiro atoms. The molecule has 0 aromatic heterocycles. The smallest absolute Gasteiger partial charge is 0.329 e. The van der Waals surface area contributed by atoms with Crippen LogP contribution in [0.4, 0.5) is 10.5 Å². The minimum atomic E-state index is -0.682. The van der Waals surface area contributed by atoms with Crippen LogP contribution in [0.3, 0.4) is 0 Å². The standard InChI is InChI=1S/C17H21ClN4O3/c18-11-3-5-13(6-4-11)22-16(24)14(21-17(22)25)7-8-15(23)20-12-2-1-9-19-10-12/h3-6,12,14,19H,1-2,7-10H2,(H,20,23)(H,21,25)/t12-,14?/m0/s1. The summed E-state index contributed by atoms with van der Waals surface area (Å²) in [5, 5.41) is 9.37. The van der Waals surface area contributed by atoms with Crippen molar-refractivity contribution in [3.05, 3.63) is 29.3 Å². The highest BCUT2D eigenvalue weighted by Gasteiger charge is 2.38. The first-order valence-electron chi connectivity index (χ1n) is 8.44. The number of anilines is 1. The van der Waals surface area contributed by atoms with Crippen molar-refractivity contribution in [1.82, 2.24) is 16.0 Å². The second kappa shape index (κ2) is 7.84. The molecule has 2 atom stereocenters. The third-order valence-corrected chi connectivity index (χ3v) is 4.68. The van der Waals surface area contributed by atoms with Gasteiger partial charge in [-0.25, -0.2) is 9.69 Å². The van der Waals surface area contributed by atoms with Crippen LogP contribution in [0.1, 0.15) is 25.7 Å². The molecular weight excluding hydrogens is 344 g/mol. The number of halogens is 1. The molecule has 4 amide bonds. The fraction of sp³-hybridized carbons (Fsp3) is 0.471. The van der Waals surface area contributed by atoms with Crippen molar-refractivity contribution in [2.45, 2.75) is 37.8 Å². The van der Waals surface area contributed by atoms with Crippen LogP contribution >= 0.6 is 11.6 Å². The molecule has 1 aromatic rings. The van der Waals surface area contributed by atoms with E-state index in [1.165, 1.54) is 0 Å². The predicted octanol–water partition coefficient (Wildman–Crippen LogP) is 1.41. The summed E-state index contributed by atoms with van der Waals surface area (Å²) in [5.41, 5.74) is 0.465. The van der Waals surface area contributed by atoms with Crippen LogP contribution in [0.15, 0.2) is 24.3 Å². The summed E-state index contributed by atoms with van der Waals surface area (Å²) in [6.07, 6.45) is 2.47. The van der Waals surface area contributed by atoms with Gasteiger partial charge in [-0.15, -0.1) is 0 Å². The van der Waals surface area contributed by atoms with Gasteiger partial charge in [0, 0.05) is 24.0 Å². The zero-order chi connectivity index (χ0) is 17.8. The number of hydrogen-bond acceptors (Lipinski definition) is 4. The van der Waals surface area contributed by atoms with Gasteiger partial charge in [0.25, 0.3) is 5.91 Å². The third-order valence-electron chi connectivity index (χ3n) is 4.43. The van der Waals surface area contributed by atoms with Crippen LogP contribution in [0.25, 0.3) is 0 Å². The number of nitrogens with one attached hydrogen (secondary N) is 3. The molecule has 3 rings (SSSR count). The molecule has 2 aliphatic heterocycles. The summed E-state index contributed by atoms with van der Waals surface area (Å²) < 4.78 is 0. The number of rotatable bonds is 5. The molecular formula is C17H21ClN4O3. The number of imide groups is 1. The minimum Gasteiger partial charge on any atom is -0.352 e. The molecule has 2 fully saturated rings. The molecule has 2 heterocycles. The molecule has 8 heteroatoms. The van der Waals surface area contributed by atoms with Gasteiger partial charge in [-0.1, -0.05) is 11.6 Å². The van der Waals surface area contributed by atoms with Crippen LogP contribution in [0, 0.1) is 0 Å². The van der Waals surface area contributed by atoms with Crippen LogP contribution in [0.5, 0.6) is 0 Å². The third kappa shape index (κ3) is 4.29. The Hall–Kier alpha value is -2.12. The average Bonchev–Trinajstić information content (AvgIpc) is 2.89. The van der Waals surface area contributed by atoms with Gasteiger partial charge in [0.15, 0.2) is 0 Å². The Bertz CT molecular complexity index is 658. The van der Waals surface area contributed by atoms with Crippen molar-refractivity contribution in [2.75, 3.05) is 18.0 Å². The summed E-state index contributed by atoms with van der Waals surface area (Å²) in [6.45, 7) is 1.75. The maximum absolute atomic E-state index is 12.5. The predicted molar refractivity (Wildman–Crippen MR) is 94.5 cm³/mol. The fourth-order valence-corrected chi connectivity index (χ4v) is 3.24. The molecule has 134 valence electrons. The van der Waals surface area contributed by atoms with Crippen molar-refractivity contribution in [3.8, 4) is 0 Å². The Morgan fingerprint density at radius 1 is 1.28 bits per heavy atom. The topological polar surface area (TPSA) is 90.5 Å². The molecule has 0 aliphatic carbocycles. The maximum Gasteiger partial charge on any atom is 0.329 e. The van der Waals surface area contributed by atoms with Crippen LogP contribution in [-0.2, 0) is 9.59 Å². The highest BCUT2D eigenvalue weighted by molar-refractivity contribution is 6.30. The lowest BCUT2D eigenvalue weighted by molar-refractivity contribution is -0.122. The van der Waals surface area contributed by atoms with Crippen LogP contribution in [-0.4, -0.2) is 43.0 Å². The summed E-state index contributed by atoms with van der Waals surface area (Å²) in [4.78, 5) is 37.7. The maximum atomic E-state index is 12.5. The Kier molecular flexibility index (Phi) is 5.55.